The minimum absolute atomic E-state index is 0.345. The van der Waals surface area contributed by atoms with Crippen molar-refractivity contribution in [3.05, 3.63) is 35.9 Å². The maximum atomic E-state index is 13.0. The van der Waals surface area contributed by atoms with E-state index in [0.717, 1.165) is 18.4 Å². The van der Waals surface area contributed by atoms with Crippen LogP contribution in [0.3, 0.4) is 0 Å². The van der Waals surface area contributed by atoms with E-state index in [4.69, 9.17) is 4.74 Å². The van der Waals surface area contributed by atoms with Gasteiger partial charge in [-0.1, -0.05) is 85.2 Å². The van der Waals surface area contributed by atoms with E-state index in [1.165, 1.54) is 0 Å². The first-order valence-corrected chi connectivity index (χ1v) is 8.90. The Morgan fingerprint density at radius 3 is 1.96 bits per heavy atom. The lowest BCUT2D eigenvalue weighted by Crippen LogP contribution is -2.59. The Labute approximate surface area is 147 Å². The summed E-state index contributed by atoms with van der Waals surface area (Å²) in [7, 11) is 0. The van der Waals surface area contributed by atoms with Crippen LogP contribution in [-0.4, -0.2) is 23.3 Å². The second-order valence-electron chi connectivity index (χ2n) is 8.63. The molecule has 0 spiro atoms. The maximum Gasteiger partial charge on any atom is 0.316 e. The second-order valence-corrected chi connectivity index (χ2v) is 8.63. The Morgan fingerprint density at radius 1 is 1.04 bits per heavy atom. The van der Waals surface area contributed by atoms with Crippen molar-refractivity contribution in [2.75, 3.05) is 6.61 Å². The van der Waals surface area contributed by atoms with E-state index in [1.54, 1.807) is 0 Å². The predicted molar refractivity (Wildman–Crippen MR) is 98.9 cm³/mol. The molecule has 0 radical (unpaired) electrons. The van der Waals surface area contributed by atoms with Gasteiger partial charge >= 0.3 is 5.97 Å². The third kappa shape index (κ3) is 4.18. The summed E-state index contributed by atoms with van der Waals surface area (Å²) in [5.74, 6) is -1.07. The summed E-state index contributed by atoms with van der Waals surface area (Å²) < 4.78 is 5.54. The predicted octanol–water partition coefficient (Wildman–Crippen LogP) is 4.94. The monoisotopic (exact) mass is 334 g/mol. The Kier molecular flexibility index (Phi) is 6.63. The van der Waals surface area contributed by atoms with Gasteiger partial charge in [-0.05, 0) is 22.8 Å². The molecule has 3 heteroatoms. The summed E-state index contributed by atoms with van der Waals surface area (Å²) in [6.07, 6.45) is 1.79. The molecule has 0 aliphatic carbocycles. The van der Waals surface area contributed by atoms with E-state index < -0.39 is 22.3 Å². The molecule has 0 aliphatic rings. The van der Waals surface area contributed by atoms with Crippen LogP contribution in [0.15, 0.2) is 30.3 Å². The van der Waals surface area contributed by atoms with Gasteiger partial charge in [0.2, 0.25) is 0 Å². The standard InChI is InChI=1S/C21H34O3/c1-8-9-15-24-18(22)17(16-13-11-10-12-14-16)21(23,19(2,3)4)20(5,6)7/h10-14,17,23H,8-9,15H2,1-7H3. The van der Waals surface area contributed by atoms with Crippen molar-refractivity contribution in [3.63, 3.8) is 0 Å². The number of carbonyl (C=O) groups is 1. The van der Waals surface area contributed by atoms with E-state index in [1.807, 2.05) is 71.9 Å². The van der Waals surface area contributed by atoms with Gasteiger partial charge in [0.05, 0.1) is 12.2 Å². The number of carbonyl (C=O) groups excluding carboxylic acids is 1. The highest BCUT2D eigenvalue weighted by molar-refractivity contribution is 5.80. The number of ether oxygens (including phenoxy) is 1. The third-order valence-electron chi connectivity index (χ3n) is 4.82. The highest BCUT2D eigenvalue weighted by Gasteiger charge is 2.57. The van der Waals surface area contributed by atoms with Crippen LogP contribution in [0.4, 0.5) is 0 Å². The lowest BCUT2D eigenvalue weighted by molar-refractivity contribution is -0.182. The zero-order chi connectivity index (χ0) is 18.6. The van der Waals surface area contributed by atoms with Crippen LogP contribution in [0, 0.1) is 10.8 Å². The number of aliphatic hydroxyl groups is 1. The third-order valence-corrected chi connectivity index (χ3v) is 4.82. The Balaban J connectivity index is 3.42. The van der Waals surface area contributed by atoms with Gasteiger partial charge in [0, 0.05) is 0 Å². The molecule has 3 nitrogen and oxygen atoms in total. The largest absolute Gasteiger partial charge is 0.465 e. The van der Waals surface area contributed by atoms with Gasteiger partial charge in [-0.3, -0.25) is 4.79 Å². The molecule has 1 N–H and O–H groups in total. The van der Waals surface area contributed by atoms with Crippen LogP contribution < -0.4 is 0 Å². The van der Waals surface area contributed by atoms with Crippen molar-refractivity contribution < 1.29 is 14.6 Å². The molecule has 24 heavy (non-hydrogen) atoms. The number of hydrogen-bond donors (Lipinski definition) is 1. The van der Waals surface area contributed by atoms with Crippen molar-refractivity contribution in [1.29, 1.82) is 0 Å². The van der Waals surface area contributed by atoms with Gasteiger partial charge in [-0.2, -0.15) is 0 Å². The van der Waals surface area contributed by atoms with Crippen LogP contribution >= 0.6 is 0 Å². The fourth-order valence-electron chi connectivity index (χ4n) is 3.58. The fraction of sp³-hybridized carbons (Fsp3) is 0.667. The summed E-state index contributed by atoms with van der Waals surface area (Å²) in [4.78, 5) is 13.0. The maximum absolute atomic E-state index is 13.0. The molecule has 0 amide bonds. The molecule has 1 unspecified atom stereocenters. The molecular formula is C21H34O3. The molecule has 136 valence electrons. The lowest BCUT2D eigenvalue weighted by atomic mass is 9.55. The molecule has 0 saturated heterocycles. The molecule has 1 aromatic rings. The van der Waals surface area contributed by atoms with Crippen LogP contribution in [0.2, 0.25) is 0 Å². The highest BCUT2D eigenvalue weighted by Crippen LogP contribution is 2.52. The molecule has 0 fully saturated rings. The summed E-state index contributed by atoms with van der Waals surface area (Å²) >= 11 is 0. The van der Waals surface area contributed by atoms with Crippen LogP contribution in [0.25, 0.3) is 0 Å². The van der Waals surface area contributed by atoms with Crippen molar-refractivity contribution >= 4 is 5.97 Å². The summed E-state index contributed by atoms with van der Waals surface area (Å²) in [6, 6.07) is 9.50. The van der Waals surface area contributed by atoms with E-state index in [-0.39, 0.29) is 5.97 Å². The Hall–Kier alpha value is -1.35. The van der Waals surface area contributed by atoms with Crippen molar-refractivity contribution in [1.82, 2.24) is 0 Å². The SMILES string of the molecule is CCCCOC(=O)C(c1ccccc1)C(O)(C(C)(C)C)C(C)(C)C. The van der Waals surface area contributed by atoms with Gasteiger partial charge in [0.25, 0.3) is 0 Å². The minimum atomic E-state index is -1.26. The number of unbranched alkanes of at least 4 members (excludes halogenated alkanes) is 1. The molecular weight excluding hydrogens is 300 g/mol. The molecule has 1 rings (SSSR count). The first-order valence-electron chi connectivity index (χ1n) is 8.90. The second kappa shape index (κ2) is 7.69. The molecule has 0 saturated carbocycles. The smallest absolute Gasteiger partial charge is 0.316 e. The normalized spacial score (nSPS) is 14.3. The minimum Gasteiger partial charge on any atom is -0.465 e. The van der Waals surface area contributed by atoms with Gasteiger partial charge in [0.1, 0.15) is 5.92 Å². The topological polar surface area (TPSA) is 46.5 Å². The van der Waals surface area contributed by atoms with Crippen LogP contribution in [-0.2, 0) is 9.53 Å². The summed E-state index contributed by atoms with van der Waals surface area (Å²) in [5, 5.41) is 11.8. The highest BCUT2D eigenvalue weighted by atomic mass is 16.5. The number of rotatable bonds is 6. The summed E-state index contributed by atoms with van der Waals surface area (Å²) in [5.41, 5.74) is -1.47. The average molecular weight is 335 g/mol. The first kappa shape index (κ1) is 20.7. The number of hydrogen-bond acceptors (Lipinski definition) is 3. The molecule has 0 bridgehead atoms. The molecule has 0 aromatic heterocycles. The zero-order valence-electron chi connectivity index (χ0n) is 16.3. The first-order chi connectivity index (χ1) is 11.0. The van der Waals surface area contributed by atoms with Gasteiger partial charge in [-0.15, -0.1) is 0 Å². The molecule has 0 aliphatic heterocycles. The Morgan fingerprint density at radius 2 is 1.54 bits per heavy atom. The molecule has 0 heterocycles. The fourth-order valence-corrected chi connectivity index (χ4v) is 3.58. The van der Waals surface area contributed by atoms with Gasteiger partial charge in [0.15, 0.2) is 0 Å². The van der Waals surface area contributed by atoms with Crippen molar-refractivity contribution in [2.45, 2.75) is 72.8 Å². The quantitative estimate of drug-likeness (QED) is 0.592. The van der Waals surface area contributed by atoms with Crippen LogP contribution in [0.5, 0.6) is 0 Å². The van der Waals surface area contributed by atoms with Crippen molar-refractivity contribution in [3.8, 4) is 0 Å². The summed E-state index contributed by atoms with van der Waals surface area (Å²) in [6.45, 7) is 14.3. The van der Waals surface area contributed by atoms with Crippen molar-refractivity contribution in [2.24, 2.45) is 10.8 Å². The van der Waals surface area contributed by atoms with E-state index in [9.17, 15) is 9.90 Å². The van der Waals surface area contributed by atoms with E-state index in [2.05, 4.69) is 6.92 Å². The molecule has 1 aromatic carbocycles. The van der Waals surface area contributed by atoms with Gasteiger partial charge < -0.3 is 9.84 Å². The van der Waals surface area contributed by atoms with E-state index >= 15 is 0 Å². The molecule has 1 atom stereocenters. The zero-order valence-corrected chi connectivity index (χ0v) is 16.3. The number of esters is 1. The van der Waals surface area contributed by atoms with Crippen LogP contribution in [0.1, 0.15) is 72.8 Å². The lowest BCUT2D eigenvalue weighted by Gasteiger charge is -2.53. The van der Waals surface area contributed by atoms with Gasteiger partial charge in [-0.25, -0.2) is 0 Å². The Bertz CT molecular complexity index is 506. The van der Waals surface area contributed by atoms with E-state index in [0.29, 0.717) is 6.61 Å². The average Bonchev–Trinajstić information content (AvgIpc) is 2.46. The number of benzene rings is 1.